The maximum absolute atomic E-state index is 13.7. The zero-order chi connectivity index (χ0) is 22.2. The summed E-state index contributed by atoms with van der Waals surface area (Å²) in [6.45, 7) is 0. The monoisotopic (exact) mass is 461 g/mol. The van der Waals surface area contributed by atoms with Gasteiger partial charge in [0.2, 0.25) is 0 Å². The van der Waals surface area contributed by atoms with Crippen LogP contribution in [0.4, 0.5) is 0 Å². The van der Waals surface area contributed by atoms with Gasteiger partial charge in [-0.3, -0.25) is 9.36 Å². The highest BCUT2D eigenvalue weighted by molar-refractivity contribution is 7.71. The summed E-state index contributed by atoms with van der Waals surface area (Å²) in [7, 11) is 1.59. The maximum Gasteiger partial charge on any atom is 0.269 e. The second-order valence-electron chi connectivity index (χ2n) is 7.03. The molecule has 0 atom stereocenters. The topological polar surface area (TPSA) is 73.1 Å². The molecule has 0 spiro atoms. The number of nitrogens with one attached hydrogen (secondary N) is 1. The van der Waals surface area contributed by atoms with Gasteiger partial charge in [0, 0.05) is 16.1 Å². The van der Waals surface area contributed by atoms with E-state index >= 15 is 0 Å². The van der Waals surface area contributed by atoms with Gasteiger partial charge in [-0.1, -0.05) is 23.7 Å². The Kier molecular flexibility index (Phi) is 5.13. The minimum Gasteiger partial charge on any atom is -0.497 e. The molecule has 158 valence electrons. The molecule has 32 heavy (non-hydrogen) atoms. The van der Waals surface area contributed by atoms with Crippen LogP contribution in [0.3, 0.4) is 0 Å². The predicted molar refractivity (Wildman–Crippen MR) is 127 cm³/mol. The quantitative estimate of drug-likeness (QED) is 0.331. The van der Waals surface area contributed by atoms with Crippen molar-refractivity contribution >= 4 is 34.9 Å². The van der Waals surface area contributed by atoms with Gasteiger partial charge in [0.1, 0.15) is 17.2 Å². The smallest absolute Gasteiger partial charge is 0.269 e. The fourth-order valence-electron chi connectivity index (χ4n) is 3.57. The first kappa shape index (κ1) is 20.2. The second-order valence-corrected chi connectivity index (χ2v) is 7.85. The van der Waals surface area contributed by atoms with E-state index in [2.05, 4.69) is 9.97 Å². The van der Waals surface area contributed by atoms with E-state index in [1.54, 1.807) is 61.9 Å². The molecule has 0 bridgehead atoms. The minimum absolute atomic E-state index is 0.235. The number of benzene rings is 2. The molecule has 0 saturated heterocycles. The lowest BCUT2D eigenvalue weighted by molar-refractivity contribution is 0.414. The summed E-state index contributed by atoms with van der Waals surface area (Å²) in [5.41, 5.74) is 2.82. The van der Waals surface area contributed by atoms with Crippen molar-refractivity contribution in [1.29, 1.82) is 0 Å². The van der Waals surface area contributed by atoms with Gasteiger partial charge < -0.3 is 14.1 Å². The van der Waals surface area contributed by atoms with Gasteiger partial charge >= 0.3 is 0 Å². The Morgan fingerprint density at radius 2 is 1.84 bits per heavy atom. The average Bonchev–Trinajstić information content (AvgIpc) is 3.34. The SMILES string of the molecule is COc1ccc(-n2c(=S)[nH]c3nc(-c4ccc(Cl)cc4)cc(-c4ccco4)c3c2=O)cc1. The van der Waals surface area contributed by atoms with Crippen LogP contribution in [0.1, 0.15) is 0 Å². The lowest BCUT2D eigenvalue weighted by Crippen LogP contribution is -2.21. The number of ether oxygens (including phenoxy) is 1. The molecular formula is C24H16ClN3O3S. The Morgan fingerprint density at radius 3 is 2.50 bits per heavy atom. The van der Waals surface area contributed by atoms with Crippen molar-refractivity contribution in [2.45, 2.75) is 0 Å². The number of halogens is 1. The first-order valence-electron chi connectivity index (χ1n) is 9.69. The van der Waals surface area contributed by atoms with Gasteiger partial charge in [-0.05, 0) is 66.8 Å². The van der Waals surface area contributed by atoms with Crippen LogP contribution < -0.4 is 10.3 Å². The number of methoxy groups -OCH3 is 1. The normalized spacial score (nSPS) is 11.1. The van der Waals surface area contributed by atoms with E-state index in [1.165, 1.54) is 4.57 Å². The fourth-order valence-corrected chi connectivity index (χ4v) is 3.98. The number of fused-ring (bicyclic) bond motifs is 1. The molecule has 0 radical (unpaired) electrons. The third-order valence-corrected chi connectivity index (χ3v) is 5.66. The van der Waals surface area contributed by atoms with Crippen LogP contribution in [0.2, 0.25) is 5.02 Å². The molecule has 0 saturated carbocycles. The molecule has 1 N–H and O–H groups in total. The maximum atomic E-state index is 13.7. The molecule has 8 heteroatoms. The van der Waals surface area contributed by atoms with E-state index < -0.39 is 0 Å². The highest BCUT2D eigenvalue weighted by atomic mass is 35.5. The highest BCUT2D eigenvalue weighted by Gasteiger charge is 2.18. The number of nitrogens with zero attached hydrogens (tertiary/aromatic N) is 2. The predicted octanol–water partition coefficient (Wildman–Crippen LogP) is 6.03. The summed E-state index contributed by atoms with van der Waals surface area (Å²) < 4.78 is 12.5. The van der Waals surface area contributed by atoms with E-state index in [0.29, 0.717) is 44.5 Å². The van der Waals surface area contributed by atoms with Gasteiger partial charge in [0.05, 0.1) is 30.1 Å². The first-order valence-corrected chi connectivity index (χ1v) is 10.5. The van der Waals surface area contributed by atoms with Gasteiger partial charge in [-0.15, -0.1) is 0 Å². The number of aromatic nitrogens is 3. The van der Waals surface area contributed by atoms with Crippen LogP contribution in [0.15, 0.2) is 82.2 Å². The van der Waals surface area contributed by atoms with Crippen LogP contribution in [-0.2, 0) is 0 Å². The van der Waals surface area contributed by atoms with E-state index in [9.17, 15) is 4.79 Å². The summed E-state index contributed by atoms with van der Waals surface area (Å²) in [5.74, 6) is 1.24. The van der Waals surface area contributed by atoms with Gasteiger partial charge in [0.15, 0.2) is 4.77 Å². The number of hydrogen-bond donors (Lipinski definition) is 1. The number of rotatable bonds is 4. The number of H-pyrrole nitrogens is 1. The Bertz CT molecular complexity index is 1540. The van der Waals surface area contributed by atoms with Crippen molar-refractivity contribution in [2.75, 3.05) is 7.11 Å². The number of furan rings is 1. The lowest BCUT2D eigenvalue weighted by Gasteiger charge is -2.12. The van der Waals surface area contributed by atoms with Crippen LogP contribution in [0, 0.1) is 4.77 Å². The summed E-state index contributed by atoms with van der Waals surface area (Å²) in [4.78, 5) is 21.5. The number of pyridine rings is 1. The fraction of sp³-hybridized carbons (Fsp3) is 0.0417. The largest absolute Gasteiger partial charge is 0.497 e. The van der Waals surface area contributed by atoms with E-state index in [1.807, 2.05) is 18.2 Å². The number of aromatic amines is 1. The minimum atomic E-state index is -0.296. The van der Waals surface area contributed by atoms with E-state index in [0.717, 1.165) is 5.56 Å². The lowest BCUT2D eigenvalue weighted by atomic mass is 10.0. The molecule has 0 fully saturated rings. The van der Waals surface area contributed by atoms with Crippen molar-refractivity contribution in [3.05, 3.63) is 93.1 Å². The van der Waals surface area contributed by atoms with Gasteiger partial charge in [0.25, 0.3) is 5.56 Å². The van der Waals surface area contributed by atoms with Crippen LogP contribution in [-0.4, -0.2) is 21.6 Å². The zero-order valence-electron chi connectivity index (χ0n) is 16.8. The molecule has 5 aromatic rings. The molecule has 0 aliphatic carbocycles. The zero-order valence-corrected chi connectivity index (χ0v) is 18.4. The summed E-state index contributed by atoms with van der Waals surface area (Å²) in [5, 5.41) is 1.00. The molecule has 0 unspecified atom stereocenters. The second kappa shape index (κ2) is 8.11. The van der Waals surface area contributed by atoms with Crippen LogP contribution in [0.5, 0.6) is 5.75 Å². The molecular weight excluding hydrogens is 446 g/mol. The molecule has 5 rings (SSSR count). The van der Waals surface area contributed by atoms with Crippen LogP contribution >= 0.6 is 23.8 Å². The third-order valence-electron chi connectivity index (χ3n) is 5.12. The molecule has 3 heterocycles. The Balaban J connectivity index is 1.82. The van der Waals surface area contributed by atoms with E-state index in [-0.39, 0.29) is 10.3 Å². The number of hydrogen-bond acceptors (Lipinski definition) is 5. The standard InChI is InChI=1S/C24H16ClN3O3S/c1-30-17-10-8-16(9-11-17)28-23(29)21-18(20-3-2-12-31-20)13-19(26-22(21)27-24(28)32)14-4-6-15(25)7-5-14/h2-13H,1H3,(H,26,27,32). The molecule has 0 aliphatic heterocycles. The van der Waals surface area contributed by atoms with Crippen molar-refractivity contribution in [2.24, 2.45) is 0 Å². The summed E-state index contributed by atoms with van der Waals surface area (Å²) >= 11 is 11.6. The Morgan fingerprint density at radius 1 is 1.09 bits per heavy atom. The molecule has 2 aromatic carbocycles. The molecule has 3 aromatic heterocycles. The highest BCUT2D eigenvalue weighted by Crippen LogP contribution is 2.31. The van der Waals surface area contributed by atoms with Crippen LogP contribution in [0.25, 0.3) is 39.3 Å². The van der Waals surface area contributed by atoms with Gasteiger partial charge in [-0.25, -0.2) is 4.98 Å². The van der Waals surface area contributed by atoms with Crippen molar-refractivity contribution in [3.63, 3.8) is 0 Å². The van der Waals surface area contributed by atoms with Crippen molar-refractivity contribution < 1.29 is 9.15 Å². The van der Waals surface area contributed by atoms with Gasteiger partial charge in [-0.2, -0.15) is 0 Å². The molecule has 0 amide bonds. The first-order chi connectivity index (χ1) is 15.5. The molecule has 6 nitrogen and oxygen atoms in total. The van der Waals surface area contributed by atoms with Crippen molar-refractivity contribution in [3.8, 4) is 34.0 Å². The third kappa shape index (κ3) is 3.51. The average molecular weight is 462 g/mol. The Hall–Kier alpha value is -3.68. The van der Waals surface area contributed by atoms with E-state index in [4.69, 9.17) is 33.0 Å². The molecule has 0 aliphatic rings. The summed E-state index contributed by atoms with van der Waals surface area (Å²) in [6, 6.07) is 19.8. The van der Waals surface area contributed by atoms with Crippen molar-refractivity contribution in [1.82, 2.24) is 14.5 Å². The Labute approximate surface area is 192 Å². The summed E-state index contributed by atoms with van der Waals surface area (Å²) in [6.07, 6.45) is 1.57.